The van der Waals surface area contributed by atoms with E-state index in [0.29, 0.717) is 24.7 Å². The van der Waals surface area contributed by atoms with Gasteiger partial charge in [0.25, 0.3) is 5.91 Å². The third-order valence-corrected chi connectivity index (χ3v) is 4.78. The molecule has 1 aliphatic rings. The summed E-state index contributed by atoms with van der Waals surface area (Å²) in [6, 6.07) is 12.5. The van der Waals surface area contributed by atoms with Gasteiger partial charge in [0, 0.05) is 57.3 Å². The largest absolute Gasteiger partial charge is 0.369 e. The van der Waals surface area contributed by atoms with Crippen LogP contribution < -0.4 is 20.9 Å². The van der Waals surface area contributed by atoms with Gasteiger partial charge in [-0.1, -0.05) is 17.7 Å². The number of nitrogens with one attached hydrogen (secondary N) is 3. The Morgan fingerprint density at radius 3 is 2.71 bits per heavy atom. The molecule has 1 amide bonds. The number of carbonyl (C=O) groups is 1. The first kappa shape index (κ1) is 19.7. The van der Waals surface area contributed by atoms with Crippen LogP contribution in [-0.2, 0) is 0 Å². The molecule has 0 bridgehead atoms. The molecular formula is C21H28N6O. The Bertz CT molecular complexity index is 790. The zero-order valence-corrected chi connectivity index (χ0v) is 16.5. The molecule has 1 aromatic heterocycles. The summed E-state index contributed by atoms with van der Waals surface area (Å²) in [7, 11) is 1.76. The van der Waals surface area contributed by atoms with Crippen molar-refractivity contribution in [2.75, 3.05) is 38.1 Å². The zero-order valence-electron chi connectivity index (χ0n) is 16.5. The van der Waals surface area contributed by atoms with Crippen molar-refractivity contribution in [2.24, 2.45) is 4.99 Å². The fourth-order valence-electron chi connectivity index (χ4n) is 3.21. The average molecular weight is 380 g/mol. The smallest absolute Gasteiger partial charge is 0.252 e. The van der Waals surface area contributed by atoms with Gasteiger partial charge in [0.2, 0.25) is 0 Å². The first-order valence-electron chi connectivity index (χ1n) is 9.63. The molecule has 1 aromatic carbocycles. The Morgan fingerprint density at radius 1 is 1.21 bits per heavy atom. The summed E-state index contributed by atoms with van der Waals surface area (Å²) in [4.78, 5) is 22.6. The molecule has 28 heavy (non-hydrogen) atoms. The van der Waals surface area contributed by atoms with E-state index in [-0.39, 0.29) is 5.91 Å². The van der Waals surface area contributed by atoms with E-state index in [1.165, 1.54) is 11.3 Å². The lowest BCUT2D eigenvalue weighted by Gasteiger charge is -2.20. The summed E-state index contributed by atoms with van der Waals surface area (Å²) in [5.41, 5.74) is 3.10. The number of pyridine rings is 1. The fourth-order valence-corrected chi connectivity index (χ4v) is 3.21. The van der Waals surface area contributed by atoms with E-state index >= 15 is 0 Å². The molecule has 7 nitrogen and oxygen atoms in total. The molecule has 1 fully saturated rings. The summed E-state index contributed by atoms with van der Waals surface area (Å²) in [5, 5.41) is 9.60. The van der Waals surface area contributed by atoms with Crippen molar-refractivity contribution in [3.63, 3.8) is 0 Å². The van der Waals surface area contributed by atoms with Gasteiger partial charge in [-0.15, -0.1) is 0 Å². The Labute approximate surface area is 166 Å². The van der Waals surface area contributed by atoms with E-state index in [4.69, 9.17) is 0 Å². The summed E-state index contributed by atoms with van der Waals surface area (Å²) in [5.74, 6) is 0.633. The fraction of sp³-hybridized carbons (Fsp3) is 0.381. The second-order valence-corrected chi connectivity index (χ2v) is 6.91. The highest BCUT2D eigenvalue weighted by Crippen LogP contribution is 2.20. The standard InChI is InChI=1S/C21H28N6O/c1-16-5-7-19(8-6-16)27-13-9-18(15-27)26-21(22-2)25-12-11-24-20(28)17-4-3-10-23-14-17/h3-8,10,14,18H,9,11-13,15H2,1-2H3,(H,24,28)(H2,22,25,26). The number of aryl methyl sites for hydroxylation is 1. The molecule has 0 saturated carbocycles. The van der Waals surface area contributed by atoms with Crippen molar-refractivity contribution in [2.45, 2.75) is 19.4 Å². The summed E-state index contributed by atoms with van der Waals surface area (Å²) in [6.45, 7) is 5.18. The van der Waals surface area contributed by atoms with E-state index in [1.54, 1.807) is 31.6 Å². The molecule has 0 aliphatic carbocycles. The molecule has 1 unspecified atom stereocenters. The molecule has 2 heterocycles. The van der Waals surface area contributed by atoms with Crippen molar-refractivity contribution in [1.29, 1.82) is 0 Å². The second-order valence-electron chi connectivity index (χ2n) is 6.91. The van der Waals surface area contributed by atoms with Crippen molar-refractivity contribution in [1.82, 2.24) is 20.9 Å². The Kier molecular flexibility index (Phi) is 6.84. The summed E-state index contributed by atoms with van der Waals surface area (Å²) in [6.07, 6.45) is 4.27. The minimum Gasteiger partial charge on any atom is -0.369 e. The van der Waals surface area contributed by atoms with E-state index in [9.17, 15) is 4.79 Å². The lowest BCUT2D eigenvalue weighted by atomic mass is 10.2. The number of amides is 1. The quantitative estimate of drug-likeness (QED) is 0.403. The zero-order chi connectivity index (χ0) is 19.8. The number of anilines is 1. The molecule has 2 aromatic rings. The highest BCUT2D eigenvalue weighted by Gasteiger charge is 2.23. The number of benzene rings is 1. The van der Waals surface area contributed by atoms with Gasteiger partial charge >= 0.3 is 0 Å². The monoisotopic (exact) mass is 380 g/mol. The second kappa shape index (κ2) is 9.73. The lowest BCUT2D eigenvalue weighted by molar-refractivity contribution is 0.0954. The number of aromatic nitrogens is 1. The predicted molar refractivity (Wildman–Crippen MR) is 113 cm³/mol. The lowest BCUT2D eigenvalue weighted by Crippen LogP contribution is -2.46. The van der Waals surface area contributed by atoms with Gasteiger partial charge in [0.1, 0.15) is 0 Å². The van der Waals surface area contributed by atoms with Crippen LogP contribution in [0.3, 0.4) is 0 Å². The summed E-state index contributed by atoms with van der Waals surface area (Å²) < 4.78 is 0. The molecule has 7 heteroatoms. The van der Waals surface area contributed by atoms with Gasteiger partial charge in [-0.3, -0.25) is 14.8 Å². The number of hydrogen-bond acceptors (Lipinski definition) is 4. The van der Waals surface area contributed by atoms with Gasteiger partial charge < -0.3 is 20.9 Å². The summed E-state index contributed by atoms with van der Waals surface area (Å²) >= 11 is 0. The van der Waals surface area contributed by atoms with Crippen molar-refractivity contribution < 1.29 is 4.79 Å². The number of aliphatic imine (C=N–C) groups is 1. The van der Waals surface area contributed by atoms with Crippen molar-refractivity contribution in [3.8, 4) is 0 Å². The third kappa shape index (κ3) is 5.45. The SMILES string of the molecule is CN=C(NCCNC(=O)c1cccnc1)NC1CCN(c2ccc(C)cc2)C1. The van der Waals surface area contributed by atoms with Crippen molar-refractivity contribution in [3.05, 3.63) is 59.9 Å². The molecule has 1 atom stereocenters. The topological polar surface area (TPSA) is 81.6 Å². The number of nitrogens with zero attached hydrogens (tertiary/aromatic N) is 3. The van der Waals surface area contributed by atoms with Crippen LogP contribution in [0.25, 0.3) is 0 Å². The van der Waals surface area contributed by atoms with Crippen LogP contribution in [0.4, 0.5) is 5.69 Å². The van der Waals surface area contributed by atoms with Gasteiger partial charge in [-0.05, 0) is 37.6 Å². The molecular weight excluding hydrogens is 352 g/mol. The first-order valence-corrected chi connectivity index (χ1v) is 9.63. The van der Waals surface area contributed by atoms with E-state index in [0.717, 1.165) is 25.5 Å². The van der Waals surface area contributed by atoms with Crippen LogP contribution in [0, 0.1) is 6.92 Å². The Morgan fingerprint density at radius 2 is 2.00 bits per heavy atom. The van der Waals surface area contributed by atoms with Crippen LogP contribution in [0.2, 0.25) is 0 Å². The molecule has 3 N–H and O–H groups in total. The number of rotatable bonds is 6. The normalized spacial score (nSPS) is 16.7. The Hall–Kier alpha value is -3.09. The average Bonchev–Trinajstić information content (AvgIpc) is 3.19. The van der Waals surface area contributed by atoms with Gasteiger partial charge in [-0.2, -0.15) is 0 Å². The third-order valence-electron chi connectivity index (χ3n) is 4.78. The van der Waals surface area contributed by atoms with Crippen LogP contribution in [-0.4, -0.2) is 56.1 Å². The first-order chi connectivity index (χ1) is 13.7. The Balaban J connectivity index is 1.39. The van der Waals surface area contributed by atoms with E-state index in [2.05, 4.69) is 62.0 Å². The maximum absolute atomic E-state index is 12.0. The van der Waals surface area contributed by atoms with Gasteiger partial charge in [0.15, 0.2) is 5.96 Å². The highest BCUT2D eigenvalue weighted by molar-refractivity contribution is 5.93. The molecule has 1 aliphatic heterocycles. The highest BCUT2D eigenvalue weighted by atomic mass is 16.1. The molecule has 0 radical (unpaired) electrons. The number of guanidine groups is 1. The van der Waals surface area contributed by atoms with Gasteiger partial charge in [0.05, 0.1) is 5.56 Å². The maximum Gasteiger partial charge on any atom is 0.252 e. The maximum atomic E-state index is 12.0. The van der Waals surface area contributed by atoms with Crippen LogP contribution in [0.1, 0.15) is 22.3 Å². The number of carbonyl (C=O) groups excluding carboxylic acids is 1. The number of hydrogen-bond donors (Lipinski definition) is 3. The predicted octanol–water partition coefficient (Wildman–Crippen LogP) is 1.56. The van der Waals surface area contributed by atoms with E-state index in [1.807, 2.05) is 0 Å². The molecule has 0 spiro atoms. The van der Waals surface area contributed by atoms with Crippen LogP contribution >= 0.6 is 0 Å². The van der Waals surface area contributed by atoms with Crippen molar-refractivity contribution >= 4 is 17.6 Å². The van der Waals surface area contributed by atoms with Crippen LogP contribution in [0.15, 0.2) is 53.8 Å². The molecule has 3 rings (SSSR count). The molecule has 148 valence electrons. The minimum absolute atomic E-state index is 0.123. The molecule has 1 saturated heterocycles. The van der Waals surface area contributed by atoms with Crippen LogP contribution in [0.5, 0.6) is 0 Å². The van der Waals surface area contributed by atoms with E-state index < -0.39 is 0 Å². The minimum atomic E-state index is -0.123. The van der Waals surface area contributed by atoms with Gasteiger partial charge in [-0.25, -0.2) is 0 Å².